The molecule has 19 heavy (non-hydrogen) atoms. The first-order valence-corrected chi connectivity index (χ1v) is 6.98. The van der Waals surface area contributed by atoms with Crippen LogP contribution in [0.3, 0.4) is 0 Å². The third-order valence-electron chi connectivity index (χ3n) is 4.38. The van der Waals surface area contributed by atoms with Crippen molar-refractivity contribution >= 4 is 5.97 Å². The first-order valence-electron chi connectivity index (χ1n) is 6.98. The lowest BCUT2D eigenvalue weighted by molar-refractivity contribution is -0.153. The number of benzene rings is 1. The van der Waals surface area contributed by atoms with Crippen molar-refractivity contribution in [1.29, 1.82) is 0 Å². The maximum atomic E-state index is 12.3. The summed E-state index contributed by atoms with van der Waals surface area (Å²) in [5, 5.41) is 3.42. The molecule has 0 heterocycles. The molecule has 3 heteroatoms. The zero-order chi connectivity index (χ0) is 13.9. The number of hydrogen-bond donors (Lipinski definition) is 1. The van der Waals surface area contributed by atoms with Crippen LogP contribution < -0.4 is 5.32 Å². The minimum Gasteiger partial charge on any atom is -0.465 e. The summed E-state index contributed by atoms with van der Waals surface area (Å²) in [6.45, 7) is 7.09. The molecule has 0 amide bonds. The average Bonchev–Trinajstić information content (AvgIpc) is 3.17. The van der Waals surface area contributed by atoms with Gasteiger partial charge in [-0.25, -0.2) is 0 Å². The molecule has 1 fully saturated rings. The molecule has 2 rings (SSSR count). The maximum Gasteiger partial charge on any atom is 0.326 e. The quantitative estimate of drug-likeness (QED) is 0.800. The van der Waals surface area contributed by atoms with E-state index in [0.717, 1.165) is 12.8 Å². The molecule has 0 radical (unpaired) electrons. The minimum atomic E-state index is -0.598. The Morgan fingerprint density at radius 3 is 2.53 bits per heavy atom. The van der Waals surface area contributed by atoms with Crippen LogP contribution >= 0.6 is 0 Å². The Kier molecular flexibility index (Phi) is 3.95. The predicted molar refractivity (Wildman–Crippen MR) is 75.7 cm³/mol. The van der Waals surface area contributed by atoms with Crippen molar-refractivity contribution in [3.8, 4) is 0 Å². The molecule has 0 aliphatic heterocycles. The van der Waals surface area contributed by atoms with Gasteiger partial charge in [-0.3, -0.25) is 10.1 Å². The Labute approximate surface area is 115 Å². The van der Waals surface area contributed by atoms with E-state index in [0.29, 0.717) is 13.2 Å². The van der Waals surface area contributed by atoms with Crippen LogP contribution in [-0.4, -0.2) is 18.1 Å². The van der Waals surface area contributed by atoms with E-state index in [9.17, 15) is 4.79 Å². The Bertz CT molecular complexity index is 439. The van der Waals surface area contributed by atoms with Crippen LogP contribution in [0.25, 0.3) is 0 Å². The van der Waals surface area contributed by atoms with Gasteiger partial charge in [0.2, 0.25) is 0 Å². The summed E-state index contributed by atoms with van der Waals surface area (Å²) in [6, 6.07) is 10.1. The first-order chi connectivity index (χ1) is 9.02. The Balaban J connectivity index is 2.09. The fourth-order valence-corrected chi connectivity index (χ4v) is 2.37. The Morgan fingerprint density at radius 1 is 1.37 bits per heavy atom. The second-order valence-corrected chi connectivity index (χ2v) is 5.75. The highest BCUT2D eigenvalue weighted by atomic mass is 16.5. The predicted octanol–water partition coefficient (Wildman–Crippen LogP) is 2.90. The van der Waals surface area contributed by atoms with E-state index in [2.05, 4.69) is 24.4 Å². The molecule has 0 aromatic heterocycles. The standard InChI is InChI=1S/C16H23NO2/c1-4-19-14(18)16(3,15(2)10-11-15)17-12-13-8-6-5-7-9-13/h5-9,17H,4,10-12H2,1-3H3. The molecule has 0 spiro atoms. The van der Waals surface area contributed by atoms with Crippen molar-refractivity contribution in [2.24, 2.45) is 5.41 Å². The van der Waals surface area contributed by atoms with Gasteiger partial charge in [0.05, 0.1) is 6.61 Å². The SMILES string of the molecule is CCOC(=O)C(C)(NCc1ccccc1)C1(C)CC1. The van der Waals surface area contributed by atoms with Crippen molar-refractivity contribution in [2.75, 3.05) is 6.61 Å². The largest absolute Gasteiger partial charge is 0.465 e. The molecular weight excluding hydrogens is 238 g/mol. The van der Waals surface area contributed by atoms with Gasteiger partial charge in [-0.15, -0.1) is 0 Å². The molecule has 1 aromatic carbocycles. The van der Waals surface area contributed by atoms with Gasteiger partial charge in [-0.2, -0.15) is 0 Å². The van der Waals surface area contributed by atoms with E-state index >= 15 is 0 Å². The van der Waals surface area contributed by atoms with Crippen LogP contribution in [0.5, 0.6) is 0 Å². The fourth-order valence-electron chi connectivity index (χ4n) is 2.37. The summed E-state index contributed by atoms with van der Waals surface area (Å²) in [5.74, 6) is -0.133. The first kappa shape index (κ1) is 14.1. The summed E-state index contributed by atoms with van der Waals surface area (Å²) >= 11 is 0. The van der Waals surface area contributed by atoms with E-state index < -0.39 is 5.54 Å². The van der Waals surface area contributed by atoms with Crippen molar-refractivity contribution in [2.45, 2.75) is 45.7 Å². The molecule has 1 saturated carbocycles. The minimum absolute atomic E-state index is 0.0219. The number of esters is 1. The van der Waals surface area contributed by atoms with Crippen LogP contribution in [0.1, 0.15) is 39.2 Å². The normalized spacial score (nSPS) is 19.5. The second kappa shape index (κ2) is 5.33. The number of hydrogen-bond acceptors (Lipinski definition) is 3. The van der Waals surface area contributed by atoms with Crippen LogP contribution in [0.4, 0.5) is 0 Å². The summed E-state index contributed by atoms with van der Waals surface area (Å²) in [4.78, 5) is 12.3. The zero-order valence-electron chi connectivity index (χ0n) is 12.0. The molecule has 0 bridgehead atoms. The summed E-state index contributed by atoms with van der Waals surface area (Å²) < 4.78 is 5.26. The topological polar surface area (TPSA) is 38.3 Å². The lowest BCUT2D eigenvalue weighted by atomic mass is 9.83. The van der Waals surface area contributed by atoms with Gasteiger partial charge in [-0.1, -0.05) is 37.3 Å². The third-order valence-corrected chi connectivity index (χ3v) is 4.38. The average molecular weight is 261 g/mol. The summed E-state index contributed by atoms with van der Waals surface area (Å²) in [5.41, 5.74) is 0.606. The number of ether oxygens (including phenoxy) is 1. The molecule has 1 unspecified atom stereocenters. The van der Waals surface area contributed by atoms with E-state index in [4.69, 9.17) is 4.74 Å². The van der Waals surface area contributed by atoms with Gasteiger partial charge in [0.1, 0.15) is 5.54 Å². The molecule has 0 saturated heterocycles. The van der Waals surface area contributed by atoms with E-state index in [1.54, 1.807) is 0 Å². The molecule has 1 atom stereocenters. The van der Waals surface area contributed by atoms with E-state index in [-0.39, 0.29) is 11.4 Å². The molecule has 1 N–H and O–H groups in total. The van der Waals surface area contributed by atoms with Gasteiger partial charge in [0, 0.05) is 6.54 Å². The summed E-state index contributed by atoms with van der Waals surface area (Å²) in [7, 11) is 0. The molecule has 1 aliphatic carbocycles. The molecule has 3 nitrogen and oxygen atoms in total. The van der Waals surface area contributed by atoms with Crippen molar-refractivity contribution < 1.29 is 9.53 Å². The summed E-state index contributed by atoms with van der Waals surface area (Å²) in [6.07, 6.45) is 2.15. The van der Waals surface area contributed by atoms with Gasteiger partial charge >= 0.3 is 5.97 Å². The van der Waals surface area contributed by atoms with Crippen molar-refractivity contribution in [3.63, 3.8) is 0 Å². The third kappa shape index (κ3) is 2.81. The van der Waals surface area contributed by atoms with Gasteiger partial charge in [0.15, 0.2) is 0 Å². The van der Waals surface area contributed by atoms with Crippen molar-refractivity contribution in [1.82, 2.24) is 5.32 Å². The monoisotopic (exact) mass is 261 g/mol. The highest BCUT2D eigenvalue weighted by Gasteiger charge is 2.58. The number of rotatable bonds is 6. The van der Waals surface area contributed by atoms with Crippen LogP contribution in [0, 0.1) is 5.41 Å². The Hall–Kier alpha value is -1.35. The van der Waals surface area contributed by atoms with Crippen LogP contribution in [0.2, 0.25) is 0 Å². The fraction of sp³-hybridized carbons (Fsp3) is 0.562. The molecular formula is C16H23NO2. The second-order valence-electron chi connectivity index (χ2n) is 5.75. The smallest absolute Gasteiger partial charge is 0.326 e. The Morgan fingerprint density at radius 2 is 2.00 bits per heavy atom. The van der Waals surface area contributed by atoms with Crippen LogP contribution in [-0.2, 0) is 16.1 Å². The maximum absolute atomic E-state index is 12.3. The molecule has 1 aliphatic rings. The lowest BCUT2D eigenvalue weighted by Crippen LogP contribution is -2.56. The molecule has 104 valence electrons. The zero-order valence-corrected chi connectivity index (χ0v) is 12.0. The van der Waals surface area contributed by atoms with Gasteiger partial charge < -0.3 is 4.74 Å². The molecule has 1 aromatic rings. The number of nitrogens with one attached hydrogen (secondary N) is 1. The highest BCUT2D eigenvalue weighted by molar-refractivity contribution is 5.82. The van der Waals surface area contributed by atoms with Crippen LogP contribution in [0.15, 0.2) is 30.3 Å². The highest BCUT2D eigenvalue weighted by Crippen LogP contribution is 2.54. The van der Waals surface area contributed by atoms with Gasteiger partial charge in [0.25, 0.3) is 0 Å². The van der Waals surface area contributed by atoms with Crippen molar-refractivity contribution in [3.05, 3.63) is 35.9 Å². The van der Waals surface area contributed by atoms with Gasteiger partial charge in [-0.05, 0) is 37.7 Å². The number of carbonyl (C=O) groups is 1. The van der Waals surface area contributed by atoms with E-state index in [1.165, 1.54) is 5.56 Å². The number of carbonyl (C=O) groups excluding carboxylic acids is 1. The van der Waals surface area contributed by atoms with E-state index in [1.807, 2.05) is 32.0 Å². The lowest BCUT2D eigenvalue weighted by Gasteiger charge is -2.34.